The fourth-order valence-electron chi connectivity index (χ4n) is 1.37. The molecule has 0 radical (unpaired) electrons. The van der Waals surface area contributed by atoms with Crippen LogP contribution in [0.5, 0.6) is 11.5 Å². The Hall–Kier alpha value is -2.04. The molecular weight excluding hydrogens is 224 g/mol. The molecule has 0 aliphatic carbocycles. The number of carboxylic acids is 1. The van der Waals surface area contributed by atoms with Crippen LogP contribution in [0.1, 0.15) is 23.2 Å². The third-order valence-electron chi connectivity index (χ3n) is 2.26. The molecule has 0 N–H and O–H groups in total. The molecular formula is C12H13O5-. The zero-order valence-electron chi connectivity index (χ0n) is 9.69. The number of ether oxygens (including phenoxy) is 2. The van der Waals surface area contributed by atoms with Gasteiger partial charge in [-0.25, -0.2) is 0 Å². The van der Waals surface area contributed by atoms with Crippen molar-refractivity contribution in [1.29, 1.82) is 0 Å². The number of methoxy groups -OCH3 is 2. The van der Waals surface area contributed by atoms with Crippen molar-refractivity contribution in [2.24, 2.45) is 0 Å². The van der Waals surface area contributed by atoms with Gasteiger partial charge in [-0.05, 0) is 24.6 Å². The maximum absolute atomic E-state index is 11.6. The standard InChI is InChI=1S/C12H14O5/c1-16-10-5-3-8(7-11(10)17-2)9(13)4-6-12(14)15/h3,5,7H,4,6H2,1-2H3,(H,14,15)/p-1. The van der Waals surface area contributed by atoms with E-state index in [9.17, 15) is 14.7 Å². The molecule has 0 fully saturated rings. The van der Waals surface area contributed by atoms with Crippen LogP contribution in [0.25, 0.3) is 0 Å². The SMILES string of the molecule is COc1ccc(C(=O)CCC(=O)[O-])cc1OC. The molecule has 0 heterocycles. The van der Waals surface area contributed by atoms with Gasteiger partial charge < -0.3 is 19.4 Å². The number of Topliss-reactive ketones (excluding diaryl/α,β-unsaturated/α-hetero) is 1. The van der Waals surface area contributed by atoms with Gasteiger partial charge in [-0.2, -0.15) is 0 Å². The van der Waals surface area contributed by atoms with Gasteiger partial charge >= 0.3 is 0 Å². The van der Waals surface area contributed by atoms with Crippen molar-refractivity contribution < 1.29 is 24.2 Å². The van der Waals surface area contributed by atoms with Gasteiger partial charge in [-0.3, -0.25) is 4.79 Å². The molecule has 0 atom stereocenters. The molecule has 5 nitrogen and oxygen atoms in total. The average Bonchev–Trinajstić information content (AvgIpc) is 2.34. The number of aliphatic carboxylic acids is 1. The summed E-state index contributed by atoms with van der Waals surface area (Å²) < 4.78 is 10.1. The number of rotatable bonds is 6. The second kappa shape index (κ2) is 5.89. The van der Waals surface area contributed by atoms with Crippen LogP contribution in [-0.2, 0) is 4.79 Å². The summed E-state index contributed by atoms with van der Waals surface area (Å²) in [4.78, 5) is 21.9. The molecule has 5 heteroatoms. The van der Waals surface area contributed by atoms with Gasteiger partial charge in [-0.1, -0.05) is 0 Å². The van der Waals surface area contributed by atoms with Crippen molar-refractivity contribution in [3.8, 4) is 11.5 Å². The third kappa shape index (κ3) is 3.48. The van der Waals surface area contributed by atoms with Crippen molar-refractivity contribution in [3.05, 3.63) is 23.8 Å². The highest BCUT2D eigenvalue weighted by Gasteiger charge is 2.10. The first-order valence-electron chi connectivity index (χ1n) is 5.03. The number of hydrogen-bond donors (Lipinski definition) is 0. The Morgan fingerprint density at radius 1 is 1.12 bits per heavy atom. The van der Waals surface area contributed by atoms with Gasteiger partial charge in [0.1, 0.15) is 0 Å². The summed E-state index contributed by atoms with van der Waals surface area (Å²) in [6.07, 6.45) is -0.370. The number of carbonyl (C=O) groups excluding carboxylic acids is 2. The van der Waals surface area contributed by atoms with E-state index in [4.69, 9.17) is 9.47 Å². The molecule has 0 amide bonds. The molecule has 1 rings (SSSR count). The largest absolute Gasteiger partial charge is 0.550 e. The molecule has 0 aliphatic heterocycles. The van der Waals surface area contributed by atoms with Crippen LogP contribution in [0.4, 0.5) is 0 Å². The molecule has 1 aromatic carbocycles. The zero-order valence-corrected chi connectivity index (χ0v) is 9.69. The van der Waals surface area contributed by atoms with E-state index in [2.05, 4.69) is 0 Å². The van der Waals surface area contributed by atoms with Crippen molar-refractivity contribution in [2.45, 2.75) is 12.8 Å². The van der Waals surface area contributed by atoms with Crippen molar-refractivity contribution in [2.75, 3.05) is 14.2 Å². The Morgan fingerprint density at radius 3 is 2.29 bits per heavy atom. The minimum atomic E-state index is -1.24. The summed E-state index contributed by atoms with van der Waals surface area (Å²) in [6, 6.07) is 4.69. The predicted octanol–water partition coefficient (Wildman–Crippen LogP) is 0.417. The first-order chi connectivity index (χ1) is 8.08. The number of benzene rings is 1. The molecule has 1 aromatic rings. The molecule has 0 aliphatic rings. The molecule has 0 spiro atoms. The number of ketones is 1. The predicted molar refractivity (Wildman–Crippen MR) is 58.1 cm³/mol. The Balaban J connectivity index is 2.84. The van der Waals surface area contributed by atoms with Crippen LogP contribution < -0.4 is 14.6 Å². The lowest BCUT2D eigenvalue weighted by molar-refractivity contribution is -0.305. The maximum Gasteiger partial charge on any atom is 0.163 e. The van der Waals surface area contributed by atoms with E-state index in [0.717, 1.165) is 0 Å². The molecule has 0 bridgehead atoms. The van der Waals surface area contributed by atoms with Crippen LogP contribution in [0.3, 0.4) is 0 Å². The summed E-state index contributed by atoms with van der Waals surface area (Å²) in [6.45, 7) is 0. The Bertz CT molecular complexity index is 425. The minimum absolute atomic E-state index is 0.0855. The Morgan fingerprint density at radius 2 is 1.76 bits per heavy atom. The van der Waals surface area contributed by atoms with E-state index >= 15 is 0 Å². The molecule has 0 unspecified atom stereocenters. The first kappa shape index (κ1) is 13.0. The lowest BCUT2D eigenvalue weighted by Gasteiger charge is -2.09. The Kier molecular flexibility index (Phi) is 4.51. The fourth-order valence-corrected chi connectivity index (χ4v) is 1.37. The number of hydrogen-bond acceptors (Lipinski definition) is 5. The second-order valence-electron chi connectivity index (χ2n) is 3.36. The van der Waals surface area contributed by atoms with E-state index in [1.165, 1.54) is 20.3 Å². The average molecular weight is 237 g/mol. The Labute approximate surface area is 99.0 Å². The van der Waals surface area contributed by atoms with Crippen LogP contribution in [-0.4, -0.2) is 26.0 Å². The van der Waals surface area contributed by atoms with Crippen molar-refractivity contribution in [3.63, 3.8) is 0 Å². The fraction of sp³-hybridized carbons (Fsp3) is 0.333. The zero-order chi connectivity index (χ0) is 12.8. The second-order valence-corrected chi connectivity index (χ2v) is 3.36. The minimum Gasteiger partial charge on any atom is -0.550 e. The molecule has 0 saturated carbocycles. The molecule has 0 saturated heterocycles. The normalized spacial score (nSPS) is 9.76. The summed E-state index contributed by atoms with van der Waals surface area (Å²) in [5.41, 5.74) is 0.393. The lowest BCUT2D eigenvalue weighted by atomic mass is 10.1. The van der Waals surface area contributed by atoms with E-state index in [0.29, 0.717) is 17.1 Å². The summed E-state index contributed by atoms with van der Waals surface area (Å²) >= 11 is 0. The van der Waals surface area contributed by atoms with Crippen LogP contribution in [0, 0.1) is 0 Å². The van der Waals surface area contributed by atoms with Gasteiger partial charge in [0, 0.05) is 18.0 Å². The highest BCUT2D eigenvalue weighted by atomic mass is 16.5. The number of carbonyl (C=O) groups is 2. The summed E-state index contributed by atoms with van der Waals surface area (Å²) in [5.74, 6) is -0.551. The lowest BCUT2D eigenvalue weighted by Crippen LogP contribution is -2.22. The van der Waals surface area contributed by atoms with E-state index in [1.807, 2.05) is 0 Å². The third-order valence-corrected chi connectivity index (χ3v) is 2.26. The monoisotopic (exact) mass is 237 g/mol. The van der Waals surface area contributed by atoms with Gasteiger partial charge in [0.25, 0.3) is 0 Å². The van der Waals surface area contributed by atoms with Crippen LogP contribution in [0.2, 0.25) is 0 Å². The van der Waals surface area contributed by atoms with Crippen LogP contribution >= 0.6 is 0 Å². The maximum atomic E-state index is 11.6. The van der Waals surface area contributed by atoms with Gasteiger partial charge in [0.05, 0.1) is 14.2 Å². The van der Waals surface area contributed by atoms with Crippen molar-refractivity contribution in [1.82, 2.24) is 0 Å². The highest BCUT2D eigenvalue weighted by Crippen LogP contribution is 2.28. The molecule has 17 heavy (non-hydrogen) atoms. The van der Waals surface area contributed by atoms with Gasteiger partial charge in [-0.15, -0.1) is 0 Å². The number of carboxylic acid groups (broad SMARTS) is 1. The van der Waals surface area contributed by atoms with E-state index in [-0.39, 0.29) is 18.6 Å². The smallest absolute Gasteiger partial charge is 0.163 e. The van der Waals surface area contributed by atoms with Crippen LogP contribution in [0.15, 0.2) is 18.2 Å². The quantitative estimate of drug-likeness (QED) is 0.670. The van der Waals surface area contributed by atoms with Gasteiger partial charge in [0.2, 0.25) is 0 Å². The first-order valence-corrected chi connectivity index (χ1v) is 5.03. The summed E-state index contributed by atoms with van der Waals surface area (Å²) in [5, 5.41) is 10.3. The van der Waals surface area contributed by atoms with E-state index < -0.39 is 5.97 Å². The molecule has 0 aromatic heterocycles. The van der Waals surface area contributed by atoms with E-state index in [1.54, 1.807) is 12.1 Å². The topological polar surface area (TPSA) is 75.7 Å². The summed E-state index contributed by atoms with van der Waals surface area (Å²) in [7, 11) is 2.96. The van der Waals surface area contributed by atoms with Crippen molar-refractivity contribution >= 4 is 11.8 Å². The molecule has 92 valence electrons. The van der Waals surface area contributed by atoms with Gasteiger partial charge in [0.15, 0.2) is 17.3 Å². The highest BCUT2D eigenvalue weighted by molar-refractivity contribution is 5.97.